The normalized spacial score (nSPS) is 20.1. The van der Waals surface area contributed by atoms with Gasteiger partial charge in [0, 0.05) is 0 Å². The van der Waals surface area contributed by atoms with E-state index in [1.807, 2.05) is 0 Å². The number of rotatable bonds is 3. The van der Waals surface area contributed by atoms with Gasteiger partial charge in [-0.3, -0.25) is 0 Å². The minimum absolute atomic E-state index is 0.228. The van der Waals surface area contributed by atoms with Crippen molar-refractivity contribution in [2.24, 2.45) is 0 Å². The standard InChI is InChI=1S/C41H28/c1-27-17-24-38-39(25-27)40(31-21-18-29(19-22-31)33-23-20-28-9-2-3-11-32(28)26-33)36-14-6-7-15-37(36)41(38)35-16-8-12-30-10-4-5-13-34(30)35/h2-26H,1H3/i2D,3D,4D,5D,6D,7D,8D,9D,10D,11D,12D,13D,14D,15D,16D,17D,18D,19D,20D,21D,22D,23D,24D,25D,26D. The summed E-state index contributed by atoms with van der Waals surface area (Å²) >= 11 is 0. The van der Waals surface area contributed by atoms with Gasteiger partial charge in [-0.05, 0) is 89.4 Å². The minimum Gasteiger partial charge on any atom is -0.0616 e. The average Bonchev–Trinajstić information content (AvgIpc) is 3.28. The second kappa shape index (κ2) is 9.47. The Morgan fingerprint density at radius 1 is 0.366 bits per heavy atom. The molecule has 0 bridgehead atoms. The number of hydrogen-bond donors (Lipinski definition) is 0. The molecule has 0 saturated heterocycles. The molecule has 0 aliphatic carbocycles. The fraction of sp³-hybridized carbons (Fsp3) is 0.0244. The molecule has 0 saturated carbocycles. The molecule has 0 amide bonds. The summed E-state index contributed by atoms with van der Waals surface area (Å²) in [6.07, 6.45) is 0. The van der Waals surface area contributed by atoms with Crippen molar-refractivity contribution in [3.8, 4) is 33.4 Å². The summed E-state index contributed by atoms with van der Waals surface area (Å²) in [5.41, 5.74) is -4.33. The summed E-state index contributed by atoms with van der Waals surface area (Å²) in [4.78, 5) is 0. The molecule has 192 valence electrons. The zero-order chi connectivity index (χ0) is 49.1. The average molecular weight is 546 g/mol. The van der Waals surface area contributed by atoms with E-state index in [1.165, 1.54) is 6.92 Å². The third-order valence-electron chi connectivity index (χ3n) is 6.56. The molecular formula is C41H28. The zero-order valence-corrected chi connectivity index (χ0v) is 21.0. The first kappa shape index (κ1) is 9.43. The van der Waals surface area contributed by atoms with E-state index in [2.05, 4.69) is 0 Å². The molecule has 0 aromatic heterocycles. The van der Waals surface area contributed by atoms with Crippen LogP contribution in [0.25, 0.3) is 76.5 Å². The highest BCUT2D eigenvalue weighted by molar-refractivity contribution is 6.23. The van der Waals surface area contributed by atoms with Crippen molar-refractivity contribution in [2.45, 2.75) is 6.92 Å². The van der Waals surface area contributed by atoms with E-state index in [4.69, 9.17) is 21.9 Å². The highest BCUT2D eigenvalue weighted by Crippen LogP contribution is 2.45. The Kier molecular flexibility index (Phi) is 2.18. The summed E-state index contributed by atoms with van der Waals surface area (Å²) in [5.74, 6) is 0. The zero-order valence-electron chi connectivity index (χ0n) is 46.0. The Bertz CT molecular complexity index is 3530. The van der Waals surface area contributed by atoms with Gasteiger partial charge < -0.3 is 0 Å². The number of hydrogen-bond acceptors (Lipinski definition) is 0. The van der Waals surface area contributed by atoms with Crippen LogP contribution in [0.3, 0.4) is 0 Å². The van der Waals surface area contributed by atoms with Gasteiger partial charge in [0.2, 0.25) is 0 Å². The Balaban J connectivity index is 1.68. The van der Waals surface area contributed by atoms with Gasteiger partial charge in [-0.25, -0.2) is 0 Å². The van der Waals surface area contributed by atoms with Crippen LogP contribution in [0.4, 0.5) is 0 Å². The van der Waals surface area contributed by atoms with Crippen LogP contribution < -0.4 is 0 Å². The van der Waals surface area contributed by atoms with Crippen LogP contribution in [0.15, 0.2) is 151 Å². The third-order valence-corrected chi connectivity index (χ3v) is 6.56. The molecule has 0 fully saturated rings. The van der Waals surface area contributed by atoms with Gasteiger partial charge in [0.1, 0.15) is 0 Å². The van der Waals surface area contributed by atoms with Crippen molar-refractivity contribution in [3.63, 3.8) is 0 Å². The maximum atomic E-state index is 9.48. The van der Waals surface area contributed by atoms with E-state index in [1.54, 1.807) is 0 Å². The van der Waals surface area contributed by atoms with E-state index in [-0.39, 0.29) is 5.56 Å². The van der Waals surface area contributed by atoms with Crippen LogP contribution in [-0.4, -0.2) is 0 Å². The van der Waals surface area contributed by atoms with Crippen LogP contribution in [0.1, 0.15) is 39.8 Å². The quantitative estimate of drug-likeness (QED) is 0.194. The van der Waals surface area contributed by atoms with E-state index < -0.39 is 228 Å². The van der Waals surface area contributed by atoms with Gasteiger partial charge in [0.15, 0.2) is 0 Å². The summed E-state index contributed by atoms with van der Waals surface area (Å²) < 4.78 is 223. The van der Waals surface area contributed by atoms with Gasteiger partial charge in [0.05, 0.1) is 34.3 Å². The summed E-state index contributed by atoms with van der Waals surface area (Å²) in [6, 6.07) is -21.4. The highest BCUT2D eigenvalue weighted by Gasteiger charge is 2.18. The van der Waals surface area contributed by atoms with Crippen molar-refractivity contribution in [1.82, 2.24) is 0 Å². The topological polar surface area (TPSA) is 0 Å². The second-order valence-electron chi connectivity index (χ2n) is 9.00. The molecule has 41 heavy (non-hydrogen) atoms. The summed E-state index contributed by atoms with van der Waals surface area (Å²) in [6.45, 7) is 1.26. The first-order chi connectivity index (χ1) is 30.7. The molecule has 8 aromatic carbocycles. The number of fused-ring (bicyclic) bond motifs is 4. The van der Waals surface area contributed by atoms with Crippen molar-refractivity contribution in [1.29, 1.82) is 0 Å². The lowest BCUT2D eigenvalue weighted by Crippen LogP contribution is -1.92. The Hall–Kier alpha value is -5.20. The van der Waals surface area contributed by atoms with Crippen molar-refractivity contribution < 1.29 is 34.3 Å². The van der Waals surface area contributed by atoms with Gasteiger partial charge in [0.25, 0.3) is 0 Å². The highest BCUT2D eigenvalue weighted by atomic mass is 14.2. The number of benzene rings is 8. The van der Waals surface area contributed by atoms with Crippen LogP contribution in [-0.2, 0) is 0 Å². The predicted molar refractivity (Wildman–Crippen MR) is 178 cm³/mol. The summed E-state index contributed by atoms with van der Waals surface area (Å²) in [7, 11) is 0. The molecule has 0 unspecified atom stereocenters. The fourth-order valence-electron chi connectivity index (χ4n) is 4.78. The maximum absolute atomic E-state index is 9.48. The molecule has 0 atom stereocenters. The first-order valence-electron chi connectivity index (χ1n) is 24.8. The smallest absolute Gasteiger partial charge is 0.0616 e. The lowest BCUT2D eigenvalue weighted by Gasteiger charge is -2.19. The molecular weight excluding hydrogens is 492 g/mol. The van der Waals surface area contributed by atoms with Crippen molar-refractivity contribution in [2.75, 3.05) is 0 Å². The fourth-order valence-corrected chi connectivity index (χ4v) is 4.78. The Morgan fingerprint density at radius 3 is 1.76 bits per heavy atom. The third kappa shape index (κ3) is 3.91. The van der Waals surface area contributed by atoms with Gasteiger partial charge in [-0.1, -0.05) is 151 Å². The maximum Gasteiger partial charge on any atom is 0.0636 e. The SMILES string of the molecule is [2H]c1c([2H])c(-c2c3c([2H])c([2H])c([2H])c([2H])c3c(-c3c([2H])c([2H])c([2H])c4c([2H])c([2H])c([2H])c([2H])c34)c3c([2H])c([2H])c(C)c([2H])c23)c([2H])c([2H])c1-c1c([2H])c([2H])c2c([2H])c([2H])c([2H])c([2H])c2c1[2H]. The van der Waals surface area contributed by atoms with Crippen LogP contribution in [0.2, 0.25) is 0 Å². The predicted octanol–water partition coefficient (Wildman–Crippen LogP) is 11.6. The summed E-state index contributed by atoms with van der Waals surface area (Å²) in [5, 5.41) is -4.63. The van der Waals surface area contributed by atoms with E-state index in [9.17, 15) is 12.3 Å². The van der Waals surface area contributed by atoms with Crippen molar-refractivity contribution >= 4 is 43.1 Å². The molecule has 0 aliphatic heterocycles. The Labute approximate surface area is 275 Å². The lowest BCUT2D eigenvalue weighted by atomic mass is 9.84. The van der Waals surface area contributed by atoms with Gasteiger partial charge in [-0.2, -0.15) is 0 Å². The molecule has 0 spiro atoms. The molecule has 0 radical (unpaired) electrons. The monoisotopic (exact) mass is 545 g/mol. The van der Waals surface area contributed by atoms with Gasteiger partial charge in [-0.15, -0.1) is 0 Å². The second-order valence-corrected chi connectivity index (χ2v) is 9.00. The first-order valence-corrected chi connectivity index (χ1v) is 12.2. The molecule has 8 rings (SSSR count). The Morgan fingerprint density at radius 2 is 0.951 bits per heavy atom. The van der Waals surface area contributed by atoms with E-state index in [0.717, 1.165) is 0 Å². The van der Waals surface area contributed by atoms with E-state index >= 15 is 0 Å². The van der Waals surface area contributed by atoms with Crippen LogP contribution >= 0.6 is 0 Å². The molecule has 8 aromatic rings. The van der Waals surface area contributed by atoms with E-state index in [0.29, 0.717) is 0 Å². The molecule has 0 heterocycles. The minimum atomic E-state index is -1.01. The molecule has 0 N–H and O–H groups in total. The largest absolute Gasteiger partial charge is 0.0636 e. The van der Waals surface area contributed by atoms with Crippen LogP contribution in [0, 0.1) is 6.92 Å². The van der Waals surface area contributed by atoms with Crippen molar-refractivity contribution in [3.05, 3.63) is 157 Å². The van der Waals surface area contributed by atoms with Gasteiger partial charge >= 0.3 is 0 Å². The lowest BCUT2D eigenvalue weighted by molar-refractivity contribution is 1.51. The molecule has 0 aliphatic rings. The molecule has 0 nitrogen and oxygen atoms in total. The molecule has 0 heteroatoms. The van der Waals surface area contributed by atoms with Crippen LogP contribution in [0.5, 0.6) is 0 Å².